The second kappa shape index (κ2) is 8.60. The molecular weight excluding hydrogens is 528 g/mol. The maximum Gasteiger partial charge on any atom is 0.154 e. The average Bonchev–Trinajstić information content (AvgIpc) is 3.71. The molecule has 0 atom stereocenters. The number of benzene rings is 6. The van der Waals surface area contributed by atoms with Gasteiger partial charge in [-0.25, -0.2) is 0 Å². The van der Waals surface area contributed by atoms with E-state index in [-0.39, 0.29) is 0 Å². The molecule has 0 aliphatic carbocycles. The topological polar surface area (TPSA) is 70.6 Å². The van der Waals surface area contributed by atoms with Crippen LogP contribution in [0.4, 0.5) is 0 Å². The van der Waals surface area contributed by atoms with Gasteiger partial charge in [-0.1, -0.05) is 72.8 Å². The molecule has 3 aromatic heterocycles. The third-order valence-corrected chi connectivity index (χ3v) is 8.58. The van der Waals surface area contributed by atoms with Crippen LogP contribution in [0.2, 0.25) is 0 Å². The maximum atomic E-state index is 10.5. The lowest BCUT2D eigenvalue weighted by Gasteiger charge is -2.13. The molecule has 0 aliphatic rings. The molecule has 6 aromatic carbocycles. The summed E-state index contributed by atoms with van der Waals surface area (Å²) in [6.45, 7) is 0. The number of furan rings is 1. The van der Waals surface area contributed by atoms with Gasteiger partial charge in [-0.15, -0.1) is 0 Å². The number of aromatic nitrogens is 2. The Hall–Kier alpha value is -6.30. The molecule has 198 valence electrons. The summed E-state index contributed by atoms with van der Waals surface area (Å²) in [6.07, 6.45) is 0. The summed E-state index contributed by atoms with van der Waals surface area (Å²) in [5.74, 6) is 0. The second-order valence-electron chi connectivity index (χ2n) is 10.8. The first kappa shape index (κ1) is 23.4. The van der Waals surface area contributed by atoms with Gasteiger partial charge in [-0.3, -0.25) is 0 Å². The normalized spacial score (nSPS) is 11.7. The average molecular weight is 549 g/mol. The molecule has 5 nitrogen and oxygen atoms in total. The van der Waals surface area contributed by atoms with Crippen LogP contribution in [0.25, 0.3) is 76.9 Å². The Morgan fingerprint density at radius 2 is 1.02 bits per heavy atom. The van der Waals surface area contributed by atoms with E-state index in [0.717, 1.165) is 55.0 Å². The number of nitrogens with zero attached hydrogens (tertiary/aromatic N) is 4. The van der Waals surface area contributed by atoms with Crippen LogP contribution in [-0.2, 0) is 0 Å². The molecule has 0 saturated carbocycles. The lowest BCUT2D eigenvalue weighted by molar-refractivity contribution is 0.667. The first-order valence-electron chi connectivity index (χ1n) is 14.1. The Labute approximate surface area is 245 Å². The van der Waals surface area contributed by atoms with Gasteiger partial charge in [0, 0.05) is 43.7 Å². The van der Waals surface area contributed by atoms with Crippen molar-refractivity contribution in [2.45, 2.75) is 0 Å². The monoisotopic (exact) mass is 548 g/mol. The molecule has 0 N–H and O–H groups in total. The van der Waals surface area contributed by atoms with Crippen molar-refractivity contribution in [3.05, 3.63) is 132 Å². The van der Waals surface area contributed by atoms with Crippen molar-refractivity contribution in [1.82, 2.24) is 9.13 Å². The first-order chi connectivity index (χ1) is 21.3. The highest BCUT2D eigenvalue weighted by molar-refractivity contribution is 6.21. The Balaban J connectivity index is 1.40. The van der Waals surface area contributed by atoms with Gasteiger partial charge in [0.2, 0.25) is 0 Å². The van der Waals surface area contributed by atoms with Gasteiger partial charge in [0.1, 0.15) is 17.7 Å². The number of para-hydroxylation sites is 4. The van der Waals surface area contributed by atoms with Gasteiger partial charge in [0.05, 0.1) is 27.6 Å². The number of nitriles is 2. The standard InChI is InChI=1S/C38H20N4O/c39-21-23-9-7-15-28-30-20-35-36(31(22-40)38(30)43-37(23)28)29-14-3-6-18-34(29)42(35)25-11-8-10-24(19-25)41-32-16-4-1-12-26(32)27-13-2-5-17-33(27)41/h1-20H. The van der Waals surface area contributed by atoms with Crippen LogP contribution >= 0.6 is 0 Å². The summed E-state index contributed by atoms with van der Waals surface area (Å²) in [7, 11) is 0. The van der Waals surface area contributed by atoms with Gasteiger partial charge in [0.15, 0.2) is 11.2 Å². The minimum absolute atomic E-state index is 0.453. The molecule has 0 bridgehead atoms. The molecule has 0 aliphatic heterocycles. The van der Waals surface area contributed by atoms with Crippen molar-refractivity contribution in [2.24, 2.45) is 0 Å². The van der Waals surface area contributed by atoms with E-state index in [9.17, 15) is 10.5 Å². The molecule has 5 heteroatoms. The van der Waals surface area contributed by atoms with E-state index in [1.165, 1.54) is 10.8 Å². The third kappa shape index (κ3) is 3.08. The molecule has 0 saturated heterocycles. The van der Waals surface area contributed by atoms with E-state index in [2.05, 4.69) is 112 Å². The van der Waals surface area contributed by atoms with Crippen molar-refractivity contribution in [2.75, 3.05) is 0 Å². The summed E-state index contributed by atoms with van der Waals surface area (Å²) in [4.78, 5) is 0. The first-order valence-corrected chi connectivity index (χ1v) is 14.1. The summed E-state index contributed by atoms with van der Waals surface area (Å²) < 4.78 is 10.8. The molecular formula is C38H20N4O. The summed E-state index contributed by atoms with van der Waals surface area (Å²) in [5, 5.41) is 26.1. The fourth-order valence-corrected chi connectivity index (χ4v) is 6.82. The summed E-state index contributed by atoms with van der Waals surface area (Å²) in [6, 6.07) is 46.1. The van der Waals surface area contributed by atoms with Gasteiger partial charge >= 0.3 is 0 Å². The van der Waals surface area contributed by atoms with Crippen molar-refractivity contribution >= 4 is 65.6 Å². The molecule has 3 heterocycles. The molecule has 0 spiro atoms. The van der Waals surface area contributed by atoms with E-state index in [1.54, 1.807) is 6.07 Å². The Morgan fingerprint density at radius 1 is 0.465 bits per heavy atom. The predicted molar refractivity (Wildman–Crippen MR) is 172 cm³/mol. The smallest absolute Gasteiger partial charge is 0.154 e. The van der Waals surface area contributed by atoms with Crippen LogP contribution in [0.5, 0.6) is 0 Å². The SMILES string of the molecule is N#Cc1cccc2c1oc1c(C#N)c3c4ccccc4n(-c4cccc(-n5c6ccccc6c6ccccc65)c4)c3cc12. The Morgan fingerprint density at radius 3 is 1.67 bits per heavy atom. The number of rotatable bonds is 2. The van der Waals surface area contributed by atoms with Crippen LogP contribution < -0.4 is 0 Å². The van der Waals surface area contributed by atoms with E-state index >= 15 is 0 Å². The summed E-state index contributed by atoms with van der Waals surface area (Å²) >= 11 is 0. The van der Waals surface area contributed by atoms with Gasteiger partial charge < -0.3 is 13.6 Å². The third-order valence-electron chi connectivity index (χ3n) is 8.58. The van der Waals surface area contributed by atoms with Crippen molar-refractivity contribution in [3.63, 3.8) is 0 Å². The Kier molecular flexibility index (Phi) is 4.68. The fraction of sp³-hybridized carbons (Fsp3) is 0. The largest absolute Gasteiger partial charge is 0.453 e. The maximum absolute atomic E-state index is 10.5. The van der Waals surface area contributed by atoms with Gasteiger partial charge in [-0.2, -0.15) is 10.5 Å². The zero-order valence-corrected chi connectivity index (χ0v) is 22.7. The highest BCUT2D eigenvalue weighted by Gasteiger charge is 2.22. The van der Waals surface area contributed by atoms with Crippen LogP contribution in [0.3, 0.4) is 0 Å². The zero-order chi connectivity index (χ0) is 28.7. The fourth-order valence-electron chi connectivity index (χ4n) is 6.82. The minimum atomic E-state index is 0.453. The predicted octanol–water partition coefficient (Wildman–Crippen LogP) is 9.52. The van der Waals surface area contributed by atoms with E-state index < -0.39 is 0 Å². The minimum Gasteiger partial charge on any atom is -0.453 e. The van der Waals surface area contributed by atoms with Gasteiger partial charge in [0.25, 0.3) is 0 Å². The molecule has 0 radical (unpaired) electrons. The quantitative estimate of drug-likeness (QED) is 0.216. The van der Waals surface area contributed by atoms with E-state index in [0.29, 0.717) is 22.3 Å². The molecule has 43 heavy (non-hydrogen) atoms. The lowest BCUT2D eigenvalue weighted by Crippen LogP contribution is -1.98. The number of fused-ring (bicyclic) bond motifs is 9. The number of hydrogen-bond donors (Lipinski definition) is 0. The molecule has 9 aromatic rings. The van der Waals surface area contributed by atoms with Crippen LogP contribution in [0, 0.1) is 22.7 Å². The van der Waals surface area contributed by atoms with Gasteiger partial charge in [-0.05, 0) is 48.5 Å². The van der Waals surface area contributed by atoms with Crippen LogP contribution in [-0.4, -0.2) is 9.13 Å². The summed E-state index contributed by atoms with van der Waals surface area (Å²) in [5.41, 5.74) is 8.19. The Bertz CT molecular complexity index is 2650. The molecule has 9 rings (SSSR count). The van der Waals surface area contributed by atoms with Crippen LogP contribution in [0.1, 0.15) is 11.1 Å². The highest BCUT2D eigenvalue weighted by atomic mass is 16.3. The van der Waals surface area contributed by atoms with Crippen molar-refractivity contribution in [1.29, 1.82) is 10.5 Å². The molecule has 0 fully saturated rings. The second-order valence-corrected chi connectivity index (χ2v) is 10.8. The zero-order valence-electron chi connectivity index (χ0n) is 22.7. The number of hydrogen-bond acceptors (Lipinski definition) is 3. The molecule has 0 unspecified atom stereocenters. The highest BCUT2D eigenvalue weighted by Crippen LogP contribution is 2.42. The molecule has 0 amide bonds. The van der Waals surface area contributed by atoms with Crippen LogP contribution in [0.15, 0.2) is 126 Å². The van der Waals surface area contributed by atoms with E-state index in [4.69, 9.17) is 4.42 Å². The van der Waals surface area contributed by atoms with Crippen molar-refractivity contribution < 1.29 is 4.42 Å². The van der Waals surface area contributed by atoms with E-state index in [1.807, 2.05) is 24.3 Å². The lowest BCUT2D eigenvalue weighted by atomic mass is 10.0. The van der Waals surface area contributed by atoms with Crippen molar-refractivity contribution in [3.8, 4) is 23.5 Å².